The molecule has 0 aliphatic carbocycles. The van der Waals surface area contributed by atoms with E-state index in [1.807, 2.05) is 0 Å². The molecule has 0 radical (unpaired) electrons. The Balaban J connectivity index is 3.02. The van der Waals surface area contributed by atoms with Crippen molar-refractivity contribution >= 4 is 32.2 Å². The Labute approximate surface area is 102 Å². The van der Waals surface area contributed by atoms with Crippen LogP contribution < -0.4 is 11.1 Å². The molecule has 0 unspecified atom stereocenters. The number of aromatic nitrogens is 1. The first kappa shape index (κ1) is 14.1. The molecule has 0 amide bonds. The molecule has 0 aromatic carbocycles. The molecule has 3 N–H and O–H groups in total. The summed E-state index contributed by atoms with van der Waals surface area (Å²) in [4.78, 5) is -0.162. The number of alkyl halides is 2. The van der Waals surface area contributed by atoms with Crippen molar-refractivity contribution in [3.8, 4) is 0 Å². The van der Waals surface area contributed by atoms with Crippen LogP contribution in [-0.4, -0.2) is 31.5 Å². The Kier molecular flexibility index (Phi) is 4.63. The van der Waals surface area contributed by atoms with Crippen LogP contribution in [0.5, 0.6) is 0 Å². The summed E-state index contributed by atoms with van der Waals surface area (Å²) in [6, 6.07) is 0. The number of nitrogen functional groups attached to an aromatic ring is 1. The van der Waals surface area contributed by atoms with Crippen molar-refractivity contribution in [1.29, 1.82) is 0 Å². The second-order valence-corrected chi connectivity index (χ2v) is 6.14. The van der Waals surface area contributed by atoms with E-state index < -0.39 is 22.8 Å². The van der Waals surface area contributed by atoms with Gasteiger partial charge >= 0.3 is 0 Å². The second-order valence-electron chi connectivity index (χ2n) is 3.32. The first-order chi connectivity index (χ1) is 7.88. The summed E-state index contributed by atoms with van der Waals surface area (Å²) in [6.45, 7) is 1.08. The van der Waals surface area contributed by atoms with Gasteiger partial charge in [0.05, 0.1) is 12.3 Å². The molecule has 1 aromatic heterocycles. The lowest BCUT2D eigenvalue weighted by atomic mass is 10.5. The summed E-state index contributed by atoms with van der Waals surface area (Å²) in [6.07, 6.45) is -2.15. The van der Waals surface area contributed by atoms with E-state index in [2.05, 4.69) is 9.69 Å². The number of nitrogens with two attached hydrogens (primary N) is 1. The van der Waals surface area contributed by atoms with Crippen molar-refractivity contribution in [1.82, 2.24) is 4.37 Å². The average molecular weight is 285 g/mol. The molecule has 0 saturated carbocycles. The normalized spacial score (nSPS) is 12.0. The molecular weight excluding hydrogens is 272 g/mol. The van der Waals surface area contributed by atoms with Gasteiger partial charge in [-0.15, -0.1) is 0 Å². The molecule has 1 heterocycles. The number of nitrogens with zero attached hydrogens (tertiary/aromatic N) is 1. The maximum Gasteiger partial charge on any atom is 0.255 e. The van der Waals surface area contributed by atoms with Gasteiger partial charge in [-0.3, -0.25) is 0 Å². The summed E-state index contributed by atoms with van der Waals surface area (Å²) >= 11 is 0.772. The number of nitrogens with one attached hydrogen (secondary N) is 1. The zero-order chi connectivity index (χ0) is 13.1. The molecule has 1 rings (SSSR count). The van der Waals surface area contributed by atoms with Crippen LogP contribution in [0, 0.1) is 0 Å². The van der Waals surface area contributed by atoms with Crippen LogP contribution in [-0.2, 0) is 9.84 Å². The van der Waals surface area contributed by atoms with Gasteiger partial charge in [0.1, 0.15) is 9.90 Å². The number of hydrogen-bond donors (Lipinski definition) is 2. The van der Waals surface area contributed by atoms with Gasteiger partial charge in [-0.2, -0.15) is 4.37 Å². The van der Waals surface area contributed by atoms with Gasteiger partial charge in [0.25, 0.3) is 6.43 Å². The van der Waals surface area contributed by atoms with Gasteiger partial charge in [-0.25, -0.2) is 17.2 Å². The summed E-state index contributed by atoms with van der Waals surface area (Å²) in [5.74, 6) is -0.223. The molecule has 0 aliphatic heterocycles. The molecule has 9 heteroatoms. The third kappa shape index (κ3) is 3.50. The molecule has 0 spiro atoms. The molecule has 5 nitrogen and oxygen atoms in total. The zero-order valence-electron chi connectivity index (χ0n) is 9.11. The van der Waals surface area contributed by atoms with Crippen molar-refractivity contribution in [3.05, 3.63) is 0 Å². The van der Waals surface area contributed by atoms with Crippen molar-refractivity contribution in [2.45, 2.75) is 24.7 Å². The van der Waals surface area contributed by atoms with E-state index >= 15 is 0 Å². The minimum absolute atomic E-state index is 0.0799. The third-order valence-electron chi connectivity index (χ3n) is 1.87. The van der Waals surface area contributed by atoms with Crippen LogP contribution in [0.4, 0.5) is 19.6 Å². The molecule has 1 aromatic rings. The summed E-state index contributed by atoms with van der Waals surface area (Å²) < 4.78 is 51.4. The van der Waals surface area contributed by atoms with Gasteiger partial charge in [0.2, 0.25) is 0 Å². The summed E-state index contributed by atoms with van der Waals surface area (Å²) in [5.41, 5.74) is 5.46. The number of hydrogen-bond acceptors (Lipinski definition) is 6. The Morgan fingerprint density at radius 1 is 1.53 bits per heavy atom. The number of halogens is 2. The van der Waals surface area contributed by atoms with Crippen LogP contribution in [0.3, 0.4) is 0 Å². The Morgan fingerprint density at radius 3 is 2.71 bits per heavy atom. The van der Waals surface area contributed by atoms with E-state index in [0.717, 1.165) is 11.5 Å². The fraction of sp³-hybridized carbons (Fsp3) is 0.625. The summed E-state index contributed by atoms with van der Waals surface area (Å²) in [7, 11) is -3.56. The Morgan fingerprint density at radius 2 is 2.18 bits per heavy atom. The van der Waals surface area contributed by atoms with Gasteiger partial charge < -0.3 is 11.1 Å². The average Bonchev–Trinajstić information content (AvgIpc) is 2.57. The molecule has 0 saturated heterocycles. The lowest BCUT2D eigenvalue weighted by Crippen LogP contribution is -2.14. The highest BCUT2D eigenvalue weighted by atomic mass is 32.2. The molecule has 17 heavy (non-hydrogen) atoms. The maximum absolute atomic E-state index is 12.0. The summed E-state index contributed by atoms with van der Waals surface area (Å²) in [5, 5.41) is 2.42. The molecule has 0 atom stereocenters. The van der Waals surface area contributed by atoms with Crippen molar-refractivity contribution in [2.75, 3.05) is 23.3 Å². The van der Waals surface area contributed by atoms with E-state index in [4.69, 9.17) is 5.73 Å². The highest BCUT2D eigenvalue weighted by Crippen LogP contribution is 2.32. The fourth-order valence-corrected chi connectivity index (χ4v) is 3.88. The van der Waals surface area contributed by atoms with Crippen LogP contribution in [0.1, 0.15) is 13.3 Å². The zero-order valence-corrected chi connectivity index (χ0v) is 10.7. The largest absolute Gasteiger partial charge is 0.382 e. The lowest BCUT2D eigenvalue weighted by Gasteiger charge is -2.06. The molecule has 98 valence electrons. The van der Waals surface area contributed by atoms with E-state index in [-0.39, 0.29) is 21.5 Å². The fourth-order valence-electron chi connectivity index (χ4n) is 1.25. The van der Waals surface area contributed by atoms with E-state index in [1.54, 1.807) is 6.92 Å². The van der Waals surface area contributed by atoms with Gasteiger partial charge in [0.15, 0.2) is 15.7 Å². The van der Waals surface area contributed by atoms with E-state index in [0.29, 0.717) is 6.42 Å². The lowest BCUT2D eigenvalue weighted by molar-refractivity contribution is 0.163. The predicted octanol–water partition coefficient (Wildman–Crippen LogP) is 1.59. The number of anilines is 2. The quantitative estimate of drug-likeness (QED) is 0.829. The van der Waals surface area contributed by atoms with Crippen LogP contribution in [0.2, 0.25) is 0 Å². The number of rotatable bonds is 6. The van der Waals surface area contributed by atoms with Gasteiger partial charge in [-0.1, -0.05) is 6.92 Å². The highest BCUT2D eigenvalue weighted by Gasteiger charge is 2.25. The Bertz CT molecular complexity index is 473. The van der Waals surface area contributed by atoms with Crippen molar-refractivity contribution < 1.29 is 17.2 Å². The standard InChI is InChI=1S/C8H13F2N3O2S2/c1-2-3-17(14,15)6-7(11)13-16-8(6)12-4-5(9)10/h5,12H,2-4H2,1H3,(H2,11,13). The highest BCUT2D eigenvalue weighted by molar-refractivity contribution is 7.91. The topological polar surface area (TPSA) is 85.1 Å². The predicted molar refractivity (Wildman–Crippen MR) is 63.4 cm³/mol. The van der Waals surface area contributed by atoms with Crippen molar-refractivity contribution in [3.63, 3.8) is 0 Å². The molecular formula is C8H13F2N3O2S2. The van der Waals surface area contributed by atoms with Crippen LogP contribution >= 0.6 is 11.5 Å². The van der Waals surface area contributed by atoms with Crippen LogP contribution in [0.25, 0.3) is 0 Å². The SMILES string of the molecule is CCCS(=O)(=O)c1c(N)nsc1NCC(F)F. The first-order valence-electron chi connectivity index (χ1n) is 4.88. The van der Waals surface area contributed by atoms with Crippen molar-refractivity contribution in [2.24, 2.45) is 0 Å². The smallest absolute Gasteiger partial charge is 0.255 e. The molecule has 0 bridgehead atoms. The monoisotopic (exact) mass is 285 g/mol. The minimum atomic E-state index is -3.56. The first-order valence-corrected chi connectivity index (χ1v) is 7.31. The molecule has 0 fully saturated rings. The minimum Gasteiger partial charge on any atom is -0.382 e. The number of sulfone groups is 1. The third-order valence-corrected chi connectivity index (χ3v) is 4.80. The van der Waals surface area contributed by atoms with E-state index in [1.165, 1.54) is 0 Å². The maximum atomic E-state index is 12.0. The molecule has 0 aliphatic rings. The van der Waals surface area contributed by atoms with Gasteiger partial charge in [0, 0.05) is 0 Å². The second kappa shape index (κ2) is 5.58. The van der Waals surface area contributed by atoms with E-state index in [9.17, 15) is 17.2 Å². The van der Waals surface area contributed by atoms with Crippen LogP contribution in [0.15, 0.2) is 4.90 Å². The Hall–Kier alpha value is -0.960. The van der Waals surface area contributed by atoms with Gasteiger partial charge in [-0.05, 0) is 18.0 Å².